The van der Waals surface area contributed by atoms with E-state index in [0.29, 0.717) is 30.4 Å². The van der Waals surface area contributed by atoms with E-state index >= 15 is 0 Å². The van der Waals surface area contributed by atoms with Crippen molar-refractivity contribution < 1.29 is 19.5 Å². The number of carboxylic acid groups (broad SMARTS) is 1. The Morgan fingerprint density at radius 3 is 2.77 bits per heavy atom. The third-order valence-electron chi connectivity index (χ3n) is 4.51. The average Bonchev–Trinajstić information content (AvgIpc) is 2.83. The molecule has 138 valence electrons. The molecule has 0 aliphatic carbocycles. The summed E-state index contributed by atoms with van der Waals surface area (Å²) in [6, 6.07) is 4.61. The van der Waals surface area contributed by atoms with Crippen molar-refractivity contribution in [3.05, 3.63) is 28.7 Å². The summed E-state index contributed by atoms with van der Waals surface area (Å²) < 4.78 is 2.88. The molecule has 9 heteroatoms. The lowest BCUT2D eigenvalue weighted by Gasteiger charge is -2.21. The van der Waals surface area contributed by atoms with Gasteiger partial charge in [-0.25, -0.2) is 4.79 Å². The van der Waals surface area contributed by atoms with Gasteiger partial charge in [-0.15, -0.1) is 0 Å². The first-order chi connectivity index (χ1) is 12.4. The minimum absolute atomic E-state index is 0.0830. The van der Waals surface area contributed by atoms with Gasteiger partial charge in [-0.1, -0.05) is 0 Å². The number of aliphatic carboxylic acids is 1. The Kier molecular flexibility index (Phi) is 4.79. The zero-order valence-electron chi connectivity index (χ0n) is 14.3. The number of carbonyl (C=O) groups excluding carboxylic acids is 2. The van der Waals surface area contributed by atoms with Crippen LogP contribution < -0.4 is 16.3 Å². The molecule has 9 nitrogen and oxygen atoms in total. The molecule has 0 spiro atoms. The van der Waals surface area contributed by atoms with Crippen LogP contribution in [-0.2, 0) is 21.4 Å². The maximum absolute atomic E-state index is 12.6. The van der Waals surface area contributed by atoms with Gasteiger partial charge in [-0.05, 0) is 31.0 Å². The number of amides is 2. The quantitative estimate of drug-likeness (QED) is 0.512. The van der Waals surface area contributed by atoms with Gasteiger partial charge >= 0.3 is 11.7 Å². The van der Waals surface area contributed by atoms with Crippen molar-refractivity contribution in [3.63, 3.8) is 0 Å². The van der Waals surface area contributed by atoms with Crippen LogP contribution in [0.25, 0.3) is 11.0 Å². The zero-order chi connectivity index (χ0) is 18.8. The predicted molar refractivity (Wildman–Crippen MR) is 94.0 cm³/mol. The van der Waals surface area contributed by atoms with E-state index < -0.39 is 17.9 Å². The molecule has 1 aliphatic heterocycles. The molecular formula is C17H20N4O5. The Morgan fingerprint density at radius 1 is 1.31 bits per heavy atom. The number of hydrogen-bond acceptors (Lipinski definition) is 5. The number of rotatable bonds is 6. The molecule has 0 saturated carbocycles. The maximum Gasteiger partial charge on any atom is 0.329 e. The summed E-state index contributed by atoms with van der Waals surface area (Å²) in [4.78, 5) is 46.7. The van der Waals surface area contributed by atoms with E-state index in [0.717, 1.165) is 5.69 Å². The van der Waals surface area contributed by atoms with E-state index in [1.54, 1.807) is 25.2 Å². The van der Waals surface area contributed by atoms with Crippen LogP contribution in [0.3, 0.4) is 0 Å². The van der Waals surface area contributed by atoms with Crippen molar-refractivity contribution >= 4 is 34.5 Å². The first-order valence-corrected chi connectivity index (χ1v) is 8.39. The number of imidazole rings is 1. The Labute approximate surface area is 148 Å². The molecule has 1 unspecified atom stereocenters. The average molecular weight is 360 g/mol. The van der Waals surface area contributed by atoms with Crippen molar-refractivity contribution in [3.8, 4) is 0 Å². The van der Waals surface area contributed by atoms with Crippen LogP contribution in [0.4, 0.5) is 5.69 Å². The monoisotopic (exact) mass is 360 g/mol. The molecule has 3 N–H and O–H groups in total. The van der Waals surface area contributed by atoms with Crippen LogP contribution in [0, 0.1) is 0 Å². The molecule has 0 bridgehead atoms. The highest BCUT2D eigenvalue weighted by atomic mass is 16.4. The molecule has 1 saturated heterocycles. The van der Waals surface area contributed by atoms with E-state index in [1.165, 1.54) is 9.13 Å². The molecule has 0 radical (unpaired) electrons. The van der Waals surface area contributed by atoms with Gasteiger partial charge in [0.05, 0.1) is 11.0 Å². The standard InChI is InChI=1S/C17H20N4O5/c1-20-13-9-10(18-8-2-3-15(23)24)4-5-11(13)21(17(20)26)12-6-7-14(22)19-16(12)25/h4-5,9,12,18H,2-3,6-8H2,1H3,(H,23,24)(H,19,22,25). The highest BCUT2D eigenvalue weighted by Crippen LogP contribution is 2.24. The summed E-state index contributed by atoms with van der Waals surface area (Å²) in [6.45, 7) is 0.500. The van der Waals surface area contributed by atoms with Crippen LogP contribution in [0.15, 0.2) is 23.0 Å². The number of imide groups is 1. The smallest absolute Gasteiger partial charge is 0.329 e. The van der Waals surface area contributed by atoms with Gasteiger partial charge in [-0.3, -0.25) is 28.8 Å². The summed E-state index contributed by atoms with van der Waals surface area (Å²) in [5.41, 5.74) is 1.71. The highest BCUT2D eigenvalue weighted by Gasteiger charge is 2.31. The number of fused-ring (bicyclic) bond motifs is 1. The van der Waals surface area contributed by atoms with E-state index in [2.05, 4.69) is 10.6 Å². The number of nitrogens with zero attached hydrogens (tertiary/aromatic N) is 2. The van der Waals surface area contributed by atoms with E-state index in [1.807, 2.05) is 0 Å². The van der Waals surface area contributed by atoms with Crippen molar-refractivity contribution in [2.24, 2.45) is 7.05 Å². The molecule has 26 heavy (non-hydrogen) atoms. The Balaban J connectivity index is 1.88. The fourth-order valence-electron chi connectivity index (χ4n) is 3.18. The van der Waals surface area contributed by atoms with Gasteiger partial charge < -0.3 is 10.4 Å². The lowest BCUT2D eigenvalue weighted by Crippen LogP contribution is -2.44. The molecular weight excluding hydrogens is 340 g/mol. The predicted octanol–water partition coefficient (Wildman–Crippen LogP) is 0.594. The molecule has 1 atom stereocenters. The zero-order valence-corrected chi connectivity index (χ0v) is 14.3. The minimum atomic E-state index is -0.842. The normalized spacial score (nSPS) is 17.3. The van der Waals surface area contributed by atoms with Crippen LogP contribution in [-0.4, -0.2) is 38.6 Å². The number of aryl methyl sites for hydroxylation is 1. The van der Waals surface area contributed by atoms with Crippen LogP contribution >= 0.6 is 0 Å². The van der Waals surface area contributed by atoms with Gasteiger partial charge in [0.2, 0.25) is 11.8 Å². The summed E-state index contributed by atoms with van der Waals surface area (Å²) in [5.74, 6) is -1.63. The number of piperidine rings is 1. The third kappa shape index (κ3) is 3.32. The van der Waals surface area contributed by atoms with Crippen molar-refractivity contribution in [1.29, 1.82) is 0 Å². The van der Waals surface area contributed by atoms with Crippen LogP contribution in [0.5, 0.6) is 0 Å². The number of nitrogens with one attached hydrogen (secondary N) is 2. The van der Waals surface area contributed by atoms with Crippen LogP contribution in [0.2, 0.25) is 0 Å². The van der Waals surface area contributed by atoms with Crippen molar-refractivity contribution in [2.45, 2.75) is 31.7 Å². The molecule has 2 amide bonds. The fraction of sp³-hybridized carbons (Fsp3) is 0.412. The largest absolute Gasteiger partial charge is 0.481 e. The summed E-state index contributed by atoms with van der Waals surface area (Å²) in [5, 5.41) is 14.1. The van der Waals surface area contributed by atoms with Crippen molar-refractivity contribution in [1.82, 2.24) is 14.5 Å². The Hall–Kier alpha value is -3.10. The second-order valence-corrected chi connectivity index (χ2v) is 6.31. The van der Waals surface area contributed by atoms with Crippen LogP contribution in [0.1, 0.15) is 31.7 Å². The maximum atomic E-state index is 12.6. The summed E-state index contributed by atoms with van der Waals surface area (Å²) >= 11 is 0. The second-order valence-electron chi connectivity index (χ2n) is 6.31. The number of carboxylic acids is 1. The topological polar surface area (TPSA) is 122 Å². The lowest BCUT2D eigenvalue weighted by atomic mass is 10.1. The van der Waals surface area contributed by atoms with Gasteiger partial charge in [0.15, 0.2) is 0 Å². The number of hydrogen-bond donors (Lipinski definition) is 3. The molecule has 3 rings (SSSR count). The number of anilines is 1. The fourth-order valence-corrected chi connectivity index (χ4v) is 3.18. The Morgan fingerprint density at radius 2 is 2.08 bits per heavy atom. The molecule has 2 heterocycles. The number of carbonyl (C=O) groups is 3. The second kappa shape index (κ2) is 7.03. The SMILES string of the molecule is Cn1c(=O)n(C2CCC(=O)NC2=O)c2ccc(NCCCC(=O)O)cc21. The third-order valence-corrected chi connectivity index (χ3v) is 4.51. The highest BCUT2D eigenvalue weighted by molar-refractivity contribution is 6.00. The first-order valence-electron chi connectivity index (χ1n) is 8.39. The van der Waals surface area contributed by atoms with Gasteiger partial charge in [0, 0.05) is 32.1 Å². The molecule has 1 fully saturated rings. The first kappa shape index (κ1) is 17.7. The lowest BCUT2D eigenvalue weighted by molar-refractivity contribution is -0.137. The van der Waals surface area contributed by atoms with E-state index in [-0.39, 0.29) is 24.4 Å². The molecule has 1 aromatic heterocycles. The Bertz CT molecular complexity index is 943. The molecule has 2 aromatic rings. The number of aromatic nitrogens is 2. The number of benzene rings is 1. The summed E-state index contributed by atoms with van der Waals surface area (Å²) in [6.07, 6.45) is 1.06. The molecule has 1 aliphatic rings. The van der Waals surface area contributed by atoms with Gasteiger partial charge in [0.25, 0.3) is 0 Å². The van der Waals surface area contributed by atoms with Gasteiger partial charge in [-0.2, -0.15) is 0 Å². The van der Waals surface area contributed by atoms with Gasteiger partial charge in [0.1, 0.15) is 6.04 Å². The molecule has 1 aromatic carbocycles. The minimum Gasteiger partial charge on any atom is -0.481 e. The van der Waals surface area contributed by atoms with E-state index in [9.17, 15) is 19.2 Å². The van der Waals surface area contributed by atoms with Crippen molar-refractivity contribution in [2.75, 3.05) is 11.9 Å². The van der Waals surface area contributed by atoms with E-state index in [4.69, 9.17) is 5.11 Å². The summed E-state index contributed by atoms with van der Waals surface area (Å²) in [7, 11) is 1.63.